The fourth-order valence-corrected chi connectivity index (χ4v) is 3.14. The highest BCUT2D eigenvalue weighted by Crippen LogP contribution is 2.34. The molecule has 2 atom stereocenters. The van der Waals surface area contributed by atoms with Gasteiger partial charge in [0.05, 0.1) is 0 Å². The molecule has 1 saturated carbocycles. The van der Waals surface area contributed by atoms with E-state index in [0.29, 0.717) is 23.0 Å². The molecule has 1 aromatic rings. The number of halogens is 1. The van der Waals surface area contributed by atoms with Gasteiger partial charge in [0, 0.05) is 11.5 Å². The second-order valence-electron chi connectivity index (χ2n) is 5.94. The summed E-state index contributed by atoms with van der Waals surface area (Å²) in [5.41, 5.74) is 1.13. The van der Waals surface area contributed by atoms with Crippen LogP contribution >= 0.6 is 0 Å². The molecule has 2 unspecified atom stereocenters. The van der Waals surface area contributed by atoms with Crippen molar-refractivity contribution in [2.45, 2.75) is 40.0 Å². The Bertz CT molecular complexity index is 442. The van der Waals surface area contributed by atoms with Crippen LogP contribution in [0.2, 0.25) is 0 Å². The zero-order valence-electron chi connectivity index (χ0n) is 11.4. The lowest BCUT2D eigenvalue weighted by Gasteiger charge is -2.30. The summed E-state index contributed by atoms with van der Waals surface area (Å²) in [6, 6.07) is 4.84. The molecule has 0 N–H and O–H groups in total. The van der Waals surface area contributed by atoms with Gasteiger partial charge in [0.1, 0.15) is 5.82 Å². The van der Waals surface area contributed by atoms with Crippen molar-refractivity contribution in [1.82, 2.24) is 0 Å². The number of aryl methyl sites for hydroxylation is 1. The number of carbonyl (C=O) groups is 1. The Hall–Kier alpha value is -1.18. The van der Waals surface area contributed by atoms with E-state index in [9.17, 15) is 9.18 Å². The summed E-state index contributed by atoms with van der Waals surface area (Å²) < 4.78 is 13.5. The van der Waals surface area contributed by atoms with Gasteiger partial charge in [0.15, 0.2) is 5.78 Å². The van der Waals surface area contributed by atoms with Gasteiger partial charge in [-0.15, -0.1) is 0 Å². The van der Waals surface area contributed by atoms with Gasteiger partial charge < -0.3 is 0 Å². The normalized spacial score (nSPS) is 28.1. The van der Waals surface area contributed by atoms with E-state index in [2.05, 4.69) is 13.8 Å². The van der Waals surface area contributed by atoms with Gasteiger partial charge in [-0.2, -0.15) is 0 Å². The van der Waals surface area contributed by atoms with Crippen molar-refractivity contribution in [2.24, 2.45) is 17.8 Å². The minimum Gasteiger partial charge on any atom is -0.294 e. The van der Waals surface area contributed by atoms with Gasteiger partial charge in [-0.1, -0.05) is 26.0 Å². The third-order valence-electron chi connectivity index (χ3n) is 4.01. The number of hydrogen-bond acceptors (Lipinski definition) is 1. The minimum absolute atomic E-state index is 0.0749. The van der Waals surface area contributed by atoms with E-state index in [0.717, 1.165) is 12.8 Å². The maximum absolute atomic E-state index is 13.5. The molecule has 0 heterocycles. The summed E-state index contributed by atoms with van der Waals surface area (Å²) >= 11 is 0. The van der Waals surface area contributed by atoms with Crippen molar-refractivity contribution in [2.75, 3.05) is 0 Å². The Kier molecular flexibility index (Phi) is 3.84. The molecule has 0 spiro atoms. The molecule has 1 aliphatic rings. The summed E-state index contributed by atoms with van der Waals surface area (Å²) in [5.74, 6) is 1.10. The van der Waals surface area contributed by atoms with Crippen LogP contribution in [0.15, 0.2) is 18.2 Å². The van der Waals surface area contributed by atoms with Crippen molar-refractivity contribution < 1.29 is 9.18 Å². The van der Waals surface area contributed by atoms with Crippen LogP contribution in [0.5, 0.6) is 0 Å². The molecule has 2 heteroatoms. The topological polar surface area (TPSA) is 17.1 Å². The molecule has 1 fully saturated rings. The number of rotatable bonds is 2. The van der Waals surface area contributed by atoms with E-state index in [1.54, 1.807) is 19.1 Å². The fraction of sp³-hybridized carbons (Fsp3) is 0.562. The SMILES string of the molecule is Cc1ccc(C(=O)C2CC(C)CC(C)C2)cc1F. The van der Waals surface area contributed by atoms with Crippen molar-refractivity contribution in [1.29, 1.82) is 0 Å². The maximum atomic E-state index is 13.5. The molecule has 0 saturated heterocycles. The average Bonchev–Trinajstić information content (AvgIpc) is 2.30. The van der Waals surface area contributed by atoms with Crippen LogP contribution in [-0.2, 0) is 0 Å². The molecule has 1 aliphatic carbocycles. The largest absolute Gasteiger partial charge is 0.294 e. The van der Waals surface area contributed by atoms with Crippen LogP contribution in [-0.4, -0.2) is 5.78 Å². The van der Waals surface area contributed by atoms with Crippen LogP contribution in [0, 0.1) is 30.5 Å². The molecular weight excluding hydrogens is 227 g/mol. The number of benzene rings is 1. The summed E-state index contributed by atoms with van der Waals surface area (Å²) in [7, 11) is 0. The summed E-state index contributed by atoms with van der Waals surface area (Å²) in [6.07, 6.45) is 3.09. The molecule has 0 aromatic heterocycles. The van der Waals surface area contributed by atoms with E-state index in [1.807, 2.05) is 0 Å². The number of Topliss-reactive ketones (excluding diaryl/α,β-unsaturated/α-hetero) is 1. The molecule has 0 radical (unpaired) electrons. The smallest absolute Gasteiger partial charge is 0.166 e. The zero-order valence-corrected chi connectivity index (χ0v) is 11.4. The highest BCUT2D eigenvalue weighted by molar-refractivity contribution is 5.98. The van der Waals surface area contributed by atoms with Crippen LogP contribution in [0.1, 0.15) is 49.0 Å². The van der Waals surface area contributed by atoms with Gasteiger partial charge in [-0.25, -0.2) is 4.39 Å². The van der Waals surface area contributed by atoms with E-state index in [1.165, 1.54) is 12.5 Å². The van der Waals surface area contributed by atoms with E-state index < -0.39 is 0 Å². The lowest BCUT2D eigenvalue weighted by atomic mass is 9.74. The summed E-state index contributed by atoms with van der Waals surface area (Å²) in [4.78, 5) is 12.4. The molecule has 0 bridgehead atoms. The first-order valence-electron chi connectivity index (χ1n) is 6.77. The van der Waals surface area contributed by atoms with Crippen molar-refractivity contribution in [3.8, 4) is 0 Å². The second-order valence-corrected chi connectivity index (χ2v) is 5.94. The van der Waals surface area contributed by atoms with Gasteiger partial charge in [-0.05, 0) is 49.7 Å². The number of ketones is 1. The third-order valence-corrected chi connectivity index (χ3v) is 4.01. The van der Waals surface area contributed by atoms with Gasteiger partial charge >= 0.3 is 0 Å². The molecule has 98 valence electrons. The van der Waals surface area contributed by atoms with E-state index >= 15 is 0 Å². The lowest BCUT2D eigenvalue weighted by molar-refractivity contribution is 0.0835. The highest BCUT2D eigenvalue weighted by atomic mass is 19.1. The molecule has 1 aromatic carbocycles. The Balaban J connectivity index is 2.17. The Morgan fingerprint density at radius 1 is 1.17 bits per heavy atom. The standard InChI is InChI=1S/C16H21FO/c1-10-6-11(2)8-14(7-10)16(18)13-5-4-12(3)15(17)9-13/h4-5,9-11,14H,6-8H2,1-3H3. The molecule has 0 aliphatic heterocycles. The van der Waals surface area contributed by atoms with Crippen molar-refractivity contribution in [3.63, 3.8) is 0 Å². The van der Waals surface area contributed by atoms with Gasteiger partial charge in [0.25, 0.3) is 0 Å². The first kappa shape index (κ1) is 13.3. The van der Waals surface area contributed by atoms with Crippen molar-refractivity contribution in [3.05, 3.63) is 35.1 Å². The Morgan fingerprint density at radius 3 is 2.33 bits per heavy atom. The Morgan fingerprint density at radius 2 is 1.78 bits per heavy atom. The van der Waals surface area contributed by atoms with E-state index in [-0.39, 0.29) is 17.5 Å². The lowest BCUT2D eigenvalue weighted by Crippen LogP contribution is -2.26. The van der Waals surface area contributed by atoms with E-state index in [4.69, 9.17) is 0 Å². The van der Waals surface area contributed by atoms with Gasteiger partial charge in [-0.3, -0.25) is 4.79 Å². The predicted molar refractivity (Wildman–Crippen MR) is 71.1 cm³/mol. The summed E-state index contributed by atoms with van der Waals surface area (Å²) in [6.45, 7) is 6.12. The van der Waals surface area contributed by atoms with Crippen LogP contribution < -0.4 is 0 Å². The first-order chi connectivity index (χ1) is 8.47. The molecule has 18 heavy (non-hydrogen) atoms. The van der Waals surface area contributed by atoms with Crippen LogP contribution in [0.3, 0.4) is 0 Å². The maximum Gasteiger partial charge on any atom is 0.166 e. The fourth-order valence-electron chi connectivity index (χ4n) is 3.14. The Labute approximate surface area is 108 Å². The van der Waals surface area contributed by atoms with Crippen molar-refractivity contribution >= 4 is 5.78 Å². The molecular formula is C16H21FO. The highest BCUT2D eigenvalue weighted by Gasteiger charge is 2.29. The van der Waals surface area contributed by atoms with Crippen LogP contribution in [0.4, 0.5) is 4.39 Å². The number of carbonyl (C=O) groups excluding carboxylic acids is 1. The quantitative estimate of drug-likeness (QED) is 0.709. The van der Waals surface area contributed by atoms with Crippen LogP contribution in [0.25, 0.3) is 0 Å². The molecule has 0 amide bonds. The minimum atomic E-state index is -0.280. The average molecular weight is 248 g/mol. The summed E-state index contributed by atoms with van der Waals surface area (Å²) in [5, 5.41) is 0. The predicted octanol–water partition coefficient (Wildman–Crippen LogP) is 4.39. The third kappa shape index (κ3) is 2.80. The number of hydrogen-bond donors (Lipinski definition) is 0. The monoisotopic (exact) mass is 248 g/mol. The second kappa shape index (κ2) is 5.21. The molecule has 1 nitrogen and oxygen atoms in total. The molecule has 2 rings (SSSR count). The zero-order chi connectivity index (χ0) is 13.3. The first-order valence-corrected chi connectivity index (χ1v) is 6.77. The van der Waals surface area contributed by atoms with Gasteiger partial charge in [0.2, 0.25) is 0 Å².